The van der Waals surface area contributed by atoms with Crippen LogP contribution in [0.5, 0.6) is 5.88 Å². The largest absolute Gasteiger partial charge is 0.468 e. The molecule has 0 bridgehead atoms. The number of halogens is 3. The molecule has 0 spiro atoms. The van der Waals surface area contributed by atoms with Crippen LogP contribution in [0.1, 0.15) is 54.0 Å². The van der Waals surface area contributed by atoms with Gasteiger partial charge in [-0.3, -0.25) is 14.9 Å². The number of rotatable bonds is 8. The molecule has 1 aliphatic rings. The van der Waals surface area contributed by atoms with E-state index in [0.29, 0.717) is 17.7 Å². The molecule has 1 aliphatic carbocycles. The third-order valence-electron chi connectivity index (χ3n) is 4.53. The number of ether oxygens (including phenoxy) is 1. The van der Waals surface area contributed by atoms with Gasteiger partial charge in [0.2, 0.25) is 17.7 Å². The lowest BCUT2D eigenvalue weighted by Gasteiger charge is -2.18. The van der Waals surface area contributed by atoms with Crippen LogP contribution in [0.25, 0.3) is 0 Å². The summed E-state index contributed by atoms with van der Waals surface area (Å²) in [6.45, 7) is 2.09. The molecule has 11 heteroatoms. The van der Waals surface area contributed by atoms with Crippen molar-refractivity contribution in [2.45, 2.75) is 45.3 Å². The number of aryl methyl sites for hydroxylation is 1. The molecular weight excluding hydrogens is 415 g/mol. The molecule has 1 saturated carbocycles. The quantitative estimate of drug-likeness (QED) is 0.656. The van der Waals surface area contributed by atoms with E-state index >= 15 is 0 Å². The second-order valence-electron chi connectivity index (χ2n) is 7.25. The van der Waals surface area contributed by atoms with Gasteiger partial charge < -0.3 is 10.1 Å². The Morgan fingerprint density at radius 1 is 1.26 bits per heavy atom. The zero-order valence-electron chi connectivity index (χ0n) is 17.0. The van der Waals surface area contributed by atoms with E-state index in [1.54, 1.807) is 13.0 Å². The summed E-state index contributed by atoms with van der Waals surface area (Å²) in [5, 5.41) is 5.44. The summed E-state index contributed by atoms with van der Waals surface area (Å²) in [6, 6.07) is 3.91. The van der Waals surface area contributed by atoms with Crippen LogP contribution >= 0.6 is 0 Å². The average Bonchev–Trinajstić information content (AvgIpc) is 3.55. The van der Waals surface area contributed by atoms with Gasteiger partial charge in [0.1, 0.15) is 5.69 Å². The van der Waals surface area contributed by atoms with E-state index in [0.717, 1.165) is 12.8 Å². The maximum absolute atomic E-state index is 12.7. The van der Waals surface area contributed by atoms with Crippen LogP contribution in [-0.4, -0.2) is 39.5 Å². The highest BCUT2D eigenvalue weighted by Gasteiger charge is 2.30. The molecule has 0 aliphatic heterocycles. The lowest BCUT2D eigenvalue weighted by Crippen LogP contribution is -2.29. The SMILES string of the molecule is CCC(NC(=O)c1cc(C)nc(NC(=O)C2CC2)n1)c1ccc(OCC(F)(F)F)nc1. The van der Waals surface area contributed by atoms with Crippen LogP contribution in [-0.2, 0) is 4.79 Å². The predicted molar refractivity (Wildman–Crippen MR) is 104 cm³/mol. The van der Waals surface area contributed by atoms with Crippen molar-refractivity contribution in [3.05, 3.63) is 41.3 Å². The van der Waals surface area contributed by atoms with Crippen LogP contribution in [0.15, 0.2) is 24.4 Å². The van der Waals surface area contributed by atoms with Crippen LogP contribution in [0.2, 0.25) is 0 Å². The first-order valence-corrected chi connectivity index (χ1v) is 9.77. The second kappa shape index (κ2) is 9.27. The van der Waals surface area contributed by atoms with Crippen molar-refractivity contribution in [2.75, 3.05) is 11.9 Å². The van der Waals surface area contributed by atoms with Crippen molar-refractivity contribution in [3.63, 3.8) is 0 Å². The Labute approximate surface area is 176 Å². The summed E-state index contributed by atoms with van der Waals surface area (Å²) >= 11 is 0. The number of amides is 2. The zero-order chi connectivity index (χ0) is 22.6. The Morgan fingerprint density at radius 3 is 2.58 bits per heavy atom. The summed E-state index contributed by atoms with van der Waals surface area (Å²) in [5.74, 6) is -0.756. The number of hydrogen-bond donors (Lipinski definition) is 2. The smallest absolute Gasteiger partial charge is 0.422 e. The fourth-order valence-corrected chi connectivity index (χ4v) is 2.79. The van der Waals surface area contributed by atoms with Crippen molar-refractivity contribution >= 4 is 17.8 Å². The lowest BCUT2D eigenvalue weighted by atomic mass is 10.1. The summed E-state index contributed by atoms with van der Waals surface area (Å²) in [6.07, 6.45) is -0.931. The van der Waals surface area contributed by atoms with E-state index in [9.17, 15) is 22.8 Å². The fourth-order valence-electron chi connectivity index (χ4n) is 2.79. The topological polar surface area (TPSA) is 106 Å². The van der Waals surface area contributed by atoms with Gasteiger partial charge >= 0.3 is 6.18 Å². The van der Waals surface area contributed by atoms with Gasteiger partial charge in [0.05, 0.1) is 6.04 Å². The summed E-state index contributed by atoms with van der Waals surface area (Å²) in [7, 11) is 0. The number of nitrogens with one attached hydrogen (secondary N) is 2. The van der Waals surface area contributed by atoms with E-state index in [1.165, 1.54) is 18.3 Å². The van der Waals surface area contributed by atoms with Crippen LogP contribution < -0.4 is 15.4 Å². The second-order valence-corrected chi connectivity index (χ2v) is 7.25. The Hall–Kier alpha value is -3.24. The Bertz CT molecular complexity index is 946. The van der Waals surface area contributed by atoms with Crippen LogP contribution in [0.4, 0.5) is 19.1 Å². The van der Waals surface area contributed by atoms with E-state index in [-0.39, 0.29) is 29.3 Å². The number of carbonyl (C=O) groups is 2. The van der Waals surface area contributed by atoms with Crippen LogP contribution in [0, 0.1) is 12.8 Å². The Kier molecular flexibility index (Phi) is 6.71. The molecular formula is C20H22F3N5O3. The third-order valence-corrected chi connectivity index (χ3v) is 4.53. The molecule has 3 rings (SSSR count). The first kappa shape index (κ1) is 22.4. The molecule has 0 saturated heterocycles. The van der Waals surface area contributed by atoms with E-state index in [4.69, 9.17) is 0 Å². The molecule has 0 aromatic carbocycles. The van der Waals surface area contributed by atoms with Gasteiger partial charge in [0.25, 0.3) is 5.91 Å². The molecule has 1 unspecified atom stereocenters. The summed E-state index contributed by atoms with van der Waals surface area (Å²) in [4.78, 5) is 36.8. The van der Waals surface area contributed by atoms with Gasteiger partial charge in [0.15, 0.2) is 6.61 Å². The third kappa shape index (κ3) is 6.63. The molecule has 0 radical (unpaired) electrons. The van der Waals surface area contributed by atoms with Crippen molar-refractivity contribution < 1.29 is 27.5 Å². The van der Waals surface area contributed by atoms with Crippen LogP contribution in [0.3, 0.4) is 0 Å². The zero-order valence-corrected chi connectivity index (χ0v) is 17.0. The van der Waals surface area contributed by atoms with Gasteiger partial charge in [0, 0.05) is 23.9 Å². The van der Waals surface area contributed by atoms with Crippen molar-refractivity contribution in [1.29, 1.82) is 0 Å². The molecule has 166 valence electrons. The Balaban J connectivity index is 1.66. The Morgan fingerprint density at radius 2 is 2.00 bits per heavy atom. The minimum Gasteiger partial charge on any atom is -0.468 e. The standard InChI is InChI=1S/C20H22F3N5O3/c1-3-14(13-6-7-16(24-9-13)31-10-20(21,22)23)26-18(30)15-8-11(2)25-19(27-15)28-17(29)12-4-5-12/h6-9,12,14H,3-5,10H2,1-2H3,(H,26,30)(H,25,27,28,29). The average molecular weight is 437 g/mol. The number of hydrogen-bond acceptors (Lipinski definition) is 6. The lowest BCUT2D eigenvalue weighted by molar-refractivity contribution is -0.154. The van der Waals surface area contributed by atoms with E-state index in [2.05, 4.69) is 30.3 Å². The molecule has 2 heterocycles. The van der Waals surface area contributed by atoms with Gasteiger partial charge in [-0.1, -0.05) is 13.0 Å². The number of anilines is 1. The molecule has 1 atom stereocenters. The van der Waals surface area contributed by atoms with Crippen molar-refractivity contribution in [3.8, 4) is 5.88 Å². The van der Waals surface area contributed by atoms with Crippen molar-refractivity contribution in [2.24, 2.45) is 5.92 Å². The maximum atomic E-state index is 12.7. The van der Waals surface area contributed by atoms with Crippen molar-refractivity contribution in [1.82, 2.24) is 20.3 Å². The van der Waals surface area contributed by atoms with Gasteiger partial charge in [-0.15, -0.1) is 0 Å². The normalized spacial score (nSPS) is 14.6. The van der Waals surface area contributed by atoms with Gasteiger partial charge in [-0.05, 0) is 37.8 Å². The highest BCUT2D eigenvalue weighted by atomic mass is 19.4. The van der Waals surface area contributed by atoms with E-state index in [1.807, 2.05) is 6.92 Å². The molecule has 1 fully saturated rings. The predicted octanol–water partition coefficient (Wildman–Crippen LogP) is 3.35. The first-order valence-electron chi connectivity index (χ1n) is 9.77. The number of nitrogens with zero attached hydrogens (tertiary/aromatic N) is 3. The molecule has 31 heavy (non-hydrogen) atoms. The highest BCUT2D eigenvalue weighted by molar-refractivity contribution is 5.95. The van der Waals surface area contributed by atoms with Gasteiger partial charge in [-0.25, -0.2) is 15.0 Å². The number of pyridine rings is 1. The first-order chi connectivity index (χ1) is 14.6. The molecule has 8 nitrogen and oxygen atoms in total. The fraction of sp³-hybridized carbons (Fsp3) is 0.450. The number of carbonyl (C=O) groups excluding carboxylic acids is 2. The van der Waals surface area contributed by atoms with Gasteiger partial charge in [-0.2, -0.15) is 13.2 Å². The summed E-state index contributed by atoms with van der Waals surface area (Å²) < 4.78 is 41.3. The minimum atomic E-state index is -4.45. The molecule has 2 aromatic rings. The molecule has 2 amide bonds. The number of alkyl halides is 3. The minimum absolute atomic E-state index is 0.0264. The number of aromatic nitrogens is 3. The van der Waals surface area contributed by atoms with E-state index < -0.39 is 24.7 Å². The maximum Gasteiger partial charge on any atom is 0.422 e. The summed E-state index contributed by atoms with van der Waals surface area (Å²) in [5.41, 5.74) is 1.21. The molecule has 2 N–H and O–H groups in total. The molecule has 2 aromatic heterocycles. The monoisotopic (exact) mass is 437 g/mol. The highest BCUT2D eigenvalue weighted by Crippen LogP contribution is 2.29.